The highest BCUT2D eigenvalue weighted by atomic mass is 19.4. The van der Waals surface area contributed by atoms with E-state index in [1.807, 2.05) is 0 Å². The van der Waals surface area contributed by atoms with Crippen molar-refractivity contribution in [3.63, 3.8) is 0 Å². The number of ether oxygens (including phenoxy) is 1. The van der Waals surface area contributed by atoms with Crippen molar-refractivity contribution >= 4 is 23.2 Å². The van der Waals surface area contributed by atoms with E-state index in [4.69, 9.17) is 4.74 Å². The summed E-state index contributed by atoms with van der Waals surface area (Å²) in [7, 11) is 0. The van der Waals surface area contributed by atoms with E-state index in [1.165, 1.54) is 19.1 Å². The Morgan fingerprint density at radius 3 is 2.29 bits per heavy atom. The van der Waals surface area contributed by atoms with Gasteiger partial charge in [0.2, 0.25) is 5.91 Å². The van der Waals surface area contributed by atoms with Gasteiger partial charge >= 0.3 is 6.18 Å². The van der Waals surface area contributed by atoms with Gasteiger partial charge in [0.05, 0.1) is 23.5 Å². The third-order valence-electron chi connectivity index (χ3n) is 4.20. The van der Waals surface area contributed by atoms with Crippen molar-refractivity contribution in [3.8, 4) is 5.75 Å². The number of hydrogen-bond acceptors (Lipinski definition) is 3. The van der Waals surface area contributed by atoms with E-state index in [2.05, 4.69) is 10.6 Å². The zero-order chi connectivity index (χ0) is 20.3. The molecule has 2 N–H and O–H groups in total. The molecule has 1 aliphatic rings. The number of benzene rings is 2. The summed E-state index contributed by atoms with van der Waals surface area (Å²) in [5.74, 6) is 0.157. The molecule has 2 aromatic rings. The van der Waals surface area contributed by atoms with E-state index in [9.17, 15) is 22.8 Å². The second kappa shape index (κ2) is 7.92. The Balaban J connectivity index is 1.76. The lowest BCUT2D eigenvalue weighted by molar-refractivity contribution is -0.137. The first-order valence-corrected chi connectivity index (χ1v) is 8.75. The van der Waals surface area contributed by atoms with Gasteiger partial charge in [0.1, 0.15) is 5.75 Å². The van der Waals surface area contributed by atoms with Gasteiger partial charge in [0.15, 0.2) is 0 Å². The van der Waals surface area contributed by atoms with Crippen molar-refractivity contribution in [3.05, 3.63) is 53.6 Å². The van der Waals surface area contributed by atoms with Gasteiger partial charge in [-0.2, -0.15) is 13.2 Å². The van der Waals surface area contributed by atoms with Crippen LogP contribution in [0.2, 0.25) is 0 Å². The first-order valence-electron chi connectivity index (χ1n) is 8.75. The predicted octanol–water partition coefficient (Wildman–Crippen LogP) is 4.70. The number of carbonyl (C=O) groups excluding carboxylic acids is 2. The molecule has 1 fully saturated rings. The van der Waals surface area contributed by atoms with Crippen LogP contribution in [-0.2, 0) is 11.0 Å². The number of carbonyl (C=O) groups is 2. The maximum Gasteiger partial charge on any atom is 0.416 e. The molecule has 0 bridgehead atoms. The molecular formula is C20H19F3N2O3. The van der Waals surface area contributed by atoms with Gasteiger partial charge in [-0.1, -0.05) is 0 Å². The van der Waals surface area contributed by atoms with E-state index in [0.29, 0.717) is 18.3 Å². The second-order valence-electron chi connectivity index (χ2n) is 6.67. The standard InChI is InChI=1S/C20H19F3N2O3/c1-12(26)24-17-9-6-15(20(21,22)23)10-18(17)25-19(27)14-4-7-16(8-5-14)28-11-13-2-3-13/h4-10,13H,2-3,11H2,1H3,(H,24,26)(H,25,27). The number of anilines is 2. The van der Waals surface area contributed by atoms with E-state index in [1.54, 1.807) is 12.1 Å². The minimum absolute atomic E-state index is 0.0817. The minimum Gasteiger partial charge on any atom is -0.493 e. The Morgan fingerprint density at radius 2 is 1.71 bits per heavy atom. The number of halogens is 3. The van der Waals surface area contributed by atoms with Gasteiger partial charge in [-0.25, -0.2) is 0 Å². The second-order valence-corrected chi connectivity index (χ2v) is 6.67. The van der Waals surface area contributed by atoms with Crippen LogP contribution in [0.25, 0.3) is 0 Å². The molecule has 148 valence electrons. The topological polar surface area (TPSA) is 67.4 Å². The van der Waals surface area contributed by atoms with E-state index in [0.717, 1.165) is 31.0 Å². The van der Waals surface area contributed by atoms with E-state index >= 15 is 0 Å². The van der Waals surface area contributed by atoms with Gasteiger partial charge in [-0.05, 0) is 61.2 Å². The molecule has 8 heteroatoms. The Hall–Kier alpha value is -3.03. The Bertz CT molecular complexity index is 875. The molecule has 2 amide bonds. The average molecular weight is 392 g/mol. The summed E-state index contributed by atoms with van der Waals surface area (Å²) >= 11 is 0. The summed E-state index contributed by atoms with van der Waals surface area (Å²) in [6, 6.07) is 9.07. The molecule has 0 unspecified atom stereocenters. The van der Waals surface area contributed by atoms with Crippen molar-refractivity contribution in [1.29, 1.82) is 0 Å². The van der Waals surface area contributed by atoms with Crippen LogP contribution in [0.15, 0.2) is 42.5 Å². The predicted molar refractivity (Wildman–Crippen MR) is 98.4 cm³/mol. The number of rotatable bonds is 6. The van der Waals surface area contributed by atoms with Crippen LogP contribution < -0.4 is 15.4 Å². The summed E-state index contributed by atoms with van der Waals surface area (Å²) in [6.45, 7) is 1.86. The first-order chi connectivity index (χ1) is 13.2. The van der Waals surface area contributed by atoms with Crippen LogP contribution in [0.4, 0.5) is 24.5 Å². The third-order valence-corrected chi connectivity index (χ3v) is 4.20. The van der Waals surface area contributed by atoms with Crippen LogP contribution in [0.1, 0.15) is 35.7 Å². The summed E-state index contributed by atoms with van der Waals surface area (Å²) in [5.41, 5.74) is -0.729. The zero-order valence-corrected chi connectivity index (χ0v) is 15.1. The number of amides is 2. The Kier molecular flexibility index (Phi) is 5.58. The molecule has 0 aromatic heterocycles. The average Bonchev–Trinajstić information content (AvgIpc) is 3.45. The molecule has 0 radical (unpaired) electrons. The molecule has 0 spiro atoms. The lowest BCUT2D eigenvalue weighted by Gasteiger charge is -2.15. The van der Waals surface area contributed by atoms with Crippen molar-refractivity contribution in [1.82, 2.24) is 0 Å². The fourth-order valence-electron chi connectivity index (χ4n) is 2.52. The molecule has 0 heterocycles. The summed E-state index contributed by atoms with van der Waals surface area (Å²) < 4.78 is 44.6. The van der Waals surface area contributed by atoms with E-state index < -0.39 is 23.6 Å². The molecule has 0 saturated heterocycles. The highest BCUT2D eigenvalue weighted by molar-refractivity contribution is 6.07. The fraction of sp³-hybridized carbons (Fsp3) is 0.300. The highest BCUT2D eigenvalue weighted by Crippen LogP contribution is 2.34. The van der Waals surface area contributed by atoms with Gasteiger partial charge in [0, 0.05) is 12.5 Å². The Labute approximate surface area is 159 Å². The van der Waals surface area contributed by atoms with Crippen molar-refractivity contribution in [2.24, 2.45) is 5.92 Å². The number of alkyl halides is 3. The minimum atomic E-state index is -4.57. The maximum atomic E-state index is 13.0. The number of hydrogen-bond donors (Lipinski definition) is 2. The third kappa shape index (κ3) is 5.25. The van der Waals surface area contributed by atoms with Crippen LogP contribution in [0.3, 0.4) is 0 Å². The molecule has 2 aromatic carbocycles. The lowest BCUT2D eigenvalue weighted by Crippen LogP contribution is -2.16. The summed E-state index contributed by atoms with van der Waals surface area (Å²) in [4.78, 5) is 23.7. The molecule has 0 atom stereocenters. The van der Waals surface area contributed by atoms with Crippen molar-refractivity contribution in [2.75, 3.05) is 17.2 Å². The van der Waals surface area contributed by atoms with Gasteiger partial charge in [-0.3, -0.25) is 9.59 Å². The van der Waals surface area contributed by atoms with Crippen molar-refractivity contribution < 1.29 is 27.5 Å². The van der Waals surface area contributed by atoms with Crippen LogP contribution >= 0.6 is 0 Å². The quantitative estimate of drug-likeness (QED) is 0.749. The number of nitrogens with one attached hydrogen (secondary N) is 2. The Morgan fingerprint density at radius 1 is 1.04 bits per heavy atom. The monoisotopic (exact) mass is 392 g/mol. The summed E-state index contributed by atoms with van der Waals surface area (Å²) in [5, 5.41) is 4.84. The molecule has 1 aliphatic carbocycles. The molecular weight excluding hydrogens is 373 g/mol. The molecule has 1 saturated carbocycles. The molecule has 3 rings (SSSR count). The largest absolute Gasteiger partial charge is 0.493 e. The van der Waals surface area contributed by atoms with Crippen LogP contribution in [0.5, 0.6) is 5.75 Å². The highest BCUT2D eigenvalue weighted by Gasteiger charge is 2.31. The van der Waals surface area contributed by atoms with Gasteiger partial charge in [0.25, 0.3) is 5.91 Å². The van der Waals surface area contributed by atoms with E-state index in [-0.39, 0.29) is 16.9 Å². The SMILES string of the molecule is CC(=O)Nc1ccc(C(F)(F)F)cc1NC(=O)c1ccc(OCC2CC2)cc1. The zero-order valence-electron chi connectivity index (χ0n) is 15.1. The fourth-order valence-corrected chi connectivity index (χ4v) is 2.52. The normalized spacial score (nSPS) is 13.7. The summed E-state index contributed by atoms with van der Waals surface area (Å²) in [6.07, 6.45) is -2.25. The first kappa shape index (κ1) is 19.7. The molecule has 28 heavy (non-hydrogen) atoms. The van der Waals surface area contributed by atoms with Gasteiger partial charge in [-0.15, -0.1) is 0 Å². The lowest BCUT2D eigenvalue weighted by atomic mass is 10.1. The molecule has 5 nitrogen and oxygen atoms in total. The van der Waals surface area contributed by atoms with Gasteiger partial charge < -0.3 is 15.4 Å². The molecule has 0 aliphatic heterocycles. The van der Waals surface area contributed by atoms with Crippen LogP contribution in [-0.4, -0.2) is 18.4 Å². The van der Waals surface area contributed by atoms with Crippen LogP contribution in [0, 0.1) is 5.92 Å². The maximum absolute atomic E-state index is 13.0. The smallest absolute Gasteiger partial charge is 0.416 e. The van der Waals surface area contributed by atoms with Crippen molar-refractivity contribution in [2.45, 2.75) is 25.9 Å².